The highest BCUT2D eigenvalue weighted by Gasteiger charge is 2.76. The average molecular weight is 534 g/mol. The summed E-state index contributed by atoms with van der Waals surface area (Å²) >= 11 is 1.70. The fourth-order valence-electron chi connectivity index (χ4n) is 6.93. The Bertz CT molecular complexity index is 862. The number of unbranched alkanes of at least 4 members (excludes halogenated alkanes) is 2. The quantitative estimate of drug-likeness (QED) is 0.256. The number of aliphatic hydroxyl groups excluding tert-OH is 1. The summed E-state index contributed by atoms with van der Waals surface area (Å²) in [6.07, 6.45) is 8.64. The molecule has 0 aliphatic carbocycles. The van der Waals surface area contributed by atoms with Gasteiger partial charge in [0.15, 0.2) is 0 Å². The van der Waals surface area contributed by atoms with Crippen LogP contribution in [0.1, 0.15) is 66.2 Å². The van der Waals surface area contributed by atoms with E-state index in [4.69, 9.17) is 0 Å². The zero-order valence-corrected chi connectivity index (χ0v) is 24.0. The molecule has 3 unspecified atom stereocenters. The van der Waals surface area contributed by atoms with E-state index in [0.717, 1.165) is 32.1 Å². The lowest BCUT2D eigenvalue weighted by atomic mass is 9.65. The van der Waals surface area contributed by atoms with E-state index in [-0.39, 0.29) is 35.5 Å². The molecule has 3 aliphatic rings. The molecule has 3 aliphatic heterocycles. The SMILES string of the molecule is C=CCN(CCCCC)C(=O)C1N([C@@H](CC)CO)C(=O)[C@@H]2[C@H](C(=O)N(CC=C)CCC)[C@@H]3CC(C)C12S3. The van der Waals surface area contributed by atoms with Crippen LogP contribution < -0.4 is 0 Å². The third-order valence-electron chi connectivity index (χ3n) is 8.63. The fraction of sp³-hybridized carbons (Fsp3) is 0.759. The summed E-state index contributed by atoms with van der Waals surface area (Å²) in [6.45, 7) is 17.9. The maximum absolute atomic E-state index is 14.4. The number of likely N-dealkylation sites (tertiary alicyclic amines) is 1. The van der Waals surface area contributed by atoms with Gasteiger partial charge in [0.25, 0.3) is 0 Å². The third-order valence-corrected chi connectivity index (χ3v) is 10.7. The first kappa shape index (κ1) is 29.8. The number of hydrogen-bond acceptors (Lipinski definition) is 5. The number of carbonyl (C=O) groups is 3. The monoisotopic (exact) mass is 533 g/mol. The van der Waals surface area contributed by atoms with Crippen molar-refractivity contribution in [1.82, 2.24) is 14.7 Å². The van der Waals surface area contributed by atoms with Crippen molar-refractivity contribution in [2.75, 3.05) is 32.8 Å². The normalized spacial score (nSPS) is 30.8. The lowest BCUT2D eigenvalue weighted by Gasteiger charge is -2.42. The van der Waals surface area contributed by atoms with Crippen LogP contribution in [-0.2, 0) is 14.4 Å². The van der Waals surface area contributed by atoms with Crippen molar-refractivity contribution >= 4 is 29.5 Å². The summed E-state index contributed by atoms with van der Waals surface area (Å²) in [5.41, 5.74) is 0. The standard InChI is InChI=1S/C29H47N3O4S/c1-7-12-13-17-31(16-10-4)28(36)25-29-20(6)18-22(37-29)23(26(34)30(14-8-2)15-9-3)24(29)27(35)32(25)21(11-5)19-33/h8,10,20-25,33H,2,4,7,9,11-19H2,1,3,5-6H3/t20?,21-,22-,23+,24-,25?,29?/m0/s1. The number of aliphatic hydroxyl groups is 1. The fourth-order valence-corrected chi connectivity index (χ4v) is 9.32. The largest absolute Gasteiger partial charge is 0.394 e. The van der Waals surface area contributed by atoms with Crippen LogP contribution in [0.2, 0.25) is 0 Å². The molecule has 0 aromatic carbocycles. The molecule has 1 spiro atoms. The van der Waals surface area contributed by atoms with Gasteiger partial charge >= 0.3 is 0 Å². The molecule has 208 valence electrons. The first-order chi connectivity index (χ1) is 17.8. The summed E-state index contributed by atoms with van der Waals surface area (Å²) in [5.74, 6) is -1.11. The molecule has 3 heterocycles. The van der Waals surface area contributed by atoms with E-state index >= 15 is 0 Å². The molecule has 0 saturated carbocycles. The van der Waals surface area contributed by atoms with Gasteiger partial charge in [0, 0.05) is 31.4 Å². The molecule has 0 aromatic rings. The van der Waals surface area contributed by atoms with E-state index < -0.39 is 28.7 Å². The van der Waals surface area contributed by atoms with Gasteiger partial charge in [-0.15, -0.1) is 24.9 Å². The summed E-state index contributed by atoms with van der Waals surface area (Å²) in [5, 5.41) is 10.3. The van der Waals surface area contributed by atoms with Crippen molar-refractivity contribution < 1.29 is 19.5 Å². The van der Waals surface area contributed by atoms with Gasteiger partial charge in [0.1, 0.15) is 6.04 Å². The van der Waals surface area contributed by atoms with Crippen molar-refractivity contribution in [3.63, 3.8) is 0 Å². The average Bonchev–Trinajstić information content (AvgIpc) is 3.47. The summed E-state index contributed by atoms with van der Waals surface area (Å²) in [7, 11) is 0. The Labute approximate surface area is 227 Å². The Hall–Kier alpha value is -1.80. The minimum Gasteiger partial charge on any atom is -0.394 e. The lowest BCUT2D eigenvalue weighted by molar-refractivity contribution is -0.147. The molecule has 7 atom stereocenters. The van der Waals surface area contributed by atoms with Crippen LogP contribution in [0.3, 0.4) is 0 Å². The number of carbonyl (C=O) groups excluding carboxylic acids is 3. The lowest BCUT2D eigenvalue weighted by Crippen LogP contribution is -2.59. The van der Waals surface area contributed by atoms with E-state index in [2.05, 4.69) is 27.0 Å². The molecule has 0 aromatic heterocycles. The number of nitrogens with zero attached hydrogens (tertiary/aromatic N) is 3. The number of thioether (sulfide) groups is 1. The Morgan fingerprint density at radius 1 is 1.11 bits per heavy atom. The summed E-state index contributed by atoms with van der Waals surface area (Å²) in [6, 6.07) is -1.14. The molecular weight excluding hydrogens is 486 g/mol. The van der Waals surface area contributed by atoms with Crippen molar-refractivity contribution in [3.8, 4) is 0 Å². The maximum atomic E-state index is 14.4. The highest BCUT2D eigenvalue weighted by Crippen LogP contribution is 2.69. The van der Waals surface area contributed by atoms with Crippen LogP contribution in [0, 0.1) is 17.8 Å². The van der Waals surface area contributed by atoms with Gasteiger partial charge in [0.05, 0.1) is 29.2 Å². The Morgan fingerprint density at radius 3 is 2.30 bits per heavy atom. The number of fused-ring (bicyclic) bond motifs is 1. The summed E-state index contributed by atoms with van der Waals surface area (Å²) in [4.78, 5) is 48.0. The van der Waals surface area contributed by atoms with E-state index in [0.29, 0.717) is 32.6 Å². The Balaban J connectivity index is 2.08. The topological polar surface area (TPSA) is 81.2 Å². The number of amides is 3. The smallest absolute Gasteiger partial charge is 0.247 e. The number of rotatable bonds is 15. The maximum Gasteiger partial charge on any atom is 0.247 e. The molecule has 8 heteroatoms. The summed E-state index contributed by atoms with van der Waals surface area (Å²) < 4.78 is -0.669. The van der Waals surface area contributed by atoms with Crippen molar-refractivity contribution in [3.05, 3.63) is 25.3 Å². The molecule has 0 radical (unpaired) electrons. The molecule has 3 rings (SSSR count). The predicted octanol–water partition coefficient (Wildman–Crippen LogP) is 3.72. The zero-order valence-electron chi connectivity index (χ0n) is 23.2. The van der Waals surface area contributed by atoms with Gasteiger partial charge in [-0.1, -0.05) is 52.7 Å². The third kappa shape index (κ3) is 5.12. The molecule has 37 heavy (non-hydrogen) atoms. The molecule has 2 bridgehead atoms. The van der Waals surface area contributed by atoms with Crippen LogP contribution in [0.15, 0.2) is 25.3 Å². The Morgan fingerprint density at radius 2 is 1.76 bits per heavy atom. The van der Waals surface area contributed by atoms with E-state index in [1.165, 1.54) is 0 Å². The minimum absolute atomic E-state index is 0.00219. The van der Waals surface area contributed by atoms with Gasteiger partial charge in [-0.25, -0.2) is 0 Å². The van der Waals surface area contributed by atoms with E-state index in [1.807, 2.05) is 23.6 Å². The molecule has 3 amide bonds. The minimum atomic E-state index is -0.689. The van der Waals surface area contributed by atoms with Crippen molar-refractivity contribution in [2.24, 2.45) is 17.8 Å². The van der Waals surface area contributed by atoms with Gasteiger partial charge in [-0.2, -0.15) is 0 Å². The predicted molar refractivity (Wildman–Crippen MR) is 150 cm³/mol. The second-order valence-corrected chi connectivity index (χ2v) is 12.4. The second-order valence-electron chi connectivity index (χ2n) is 10.9. The number of hydrogen-bond donors (Lipinski definition) is 1. The first-order valence-corrected chi connectivity index (χ1v) is 15.1. The second kappa shape index (κ2) is 12.8. The highest BCUT2D eigenvalue weighted by atomic mass is 32.2. The molecular formula is C29H47N3O4S. The molecule has 3 fully saturated rings. The van der Waals surface area contributed by atoms with E-state index in [1.54, 1.807) is 28.8 Å². The highest BCUT2D eigenvalue weighted by molar-refractivity contribution is 8.02. The van der Waals surface area contributed by atoms with Gasteiger partial charge in [-0.3, -0.25) is 14.4 Å². The van der Waals surface area contributed by atoms with Crippen molar-refractivity contribution in [2.45, 2.75) is 88.3 Å². The van der Waals surface area contributed by atoms with Crippen LogP contribution in [0.5, 0.6) is 0 Å². The van der Waals surface area contributed by atoms with Gasteiger partial charge in [0.2, 0.25) is 17.7 Å². The van der Waals surface area contributed by atoms with Crippen LogP contribution in [0.4, 0.5) is 0 Å². The molecule has 7 nitrogen and oxygen atoms in total. The zero-order chi connectivity index (χ0) is 27.3. The van der Waals surface area contributed by atoms with Crippen LogP contribution in [0.25, 0.3) is 0 Å². The molecule has 3 saturated heterocycles. The van der Waals surface area contributed by atoms with Gasteiger partial charge < -0.3 is 19.8 Å². The van der Waals surface area contributed by atoms with Crippen LogP contribution in [-0.4, -0.2) is 92.4 Å². The van der Waals surface area contributed by atoms with Crippen molar-refractivity contribution in [1.29, 1.82) is 0 Å². The first-order valence-electron chi connectivity index (χ1n) is 14.2. The van der Waals surface area contributed by atoms with Crippen LogP contribution >= 0.6 is 11.8 Å². The van der Waals surface area contributed by atoms with Gasteiger partial charge in [-0.05, 0) is 31.6 Å². The Kier molecular flexibility index (Phi) is 10.3. The molecule has 1 N–H and O–H groups in total. The van der Waals surface area contributed by atoms with E-state index in [9.17, 15) is 19.5 Å².